The molecule has 0 amide bonds. The second-order valence-electron chi connectivity index (χ2n) is 5.90. The fraction of sp³-hybridized carbons (Fsp3) is 0.444. The van der Waals surface area contributed by atoms with Crippen LogP contribution in [0, 0.1) is 5.82 Å². The van der Waals surface area contributed by atoms with Crippen LogP contribution in [-0.2, 0) is 16.0 Å². The molecule has 6 nitrogen and oxygen atoms in total. The smallest absolute Gasteiger partial charge is 0.341 e. The molecule has 0 aliphatic carbocycles. The van der Waals surface area contributed by atoms with Crippen molar-refractivity contribution in [3.8, 4) is 0 Å². The van der Waals surface area contributed by atoms with Crippen molar-refractivity contribution in [1.82, 2.24) is 9.78 Å². The Bertz CT molecular complexity index is 741. The Morgan fingerprint density at radius 2 is 2.16 bits per heavy atom. The largest absolute Gasteiger partial charge is 0.454 e. The van der Waals surface area contributed by atoms with Gasteiger partial charge in [0.25, 0.3) is 0 Å². The summed E-state index contributed by atoms with van der Waals surface area (Å²) in [6.45, 7) is 6.84. The summed E-state index contributed by atoms with van der Waals surface area (Å²) in [5, 5.41) is 4.06. The first-order valence-corrected chi connectivity index (χ1v) is 8.44. The van der Waals surface area contributed by atoms with E-state index in [0.717, 1.165) is 5.69 Å². The molecule has 1 aromatic carbocycles. The lowest BCUT2D eigenvalue weighted by molar-refractivity contribution is 0.0331. The normalized spacial score (nSPS) is 15.9. The maximum absolute atomic E-state index is 14.5. The number of benzene rings is 1. The summed E-state index contributed by atoms with van der Waals surface area (Å²) in [5.41, 5.74) is 1.49. The zero-order chi connectivity index (χ0) is 17.8. The molecule has 1 aliphatic rings. The lowest BCUT2D eigenvalue weighted by atomic mass is 10.1. The molecule has 3 rings (SSSR count). The number of carbonyl (C=O) groups excluding carboxylic acids is 1. The van der Waals surface area contributed by atoms with Crippen LogP contribution in [0.5, 0.6) is 0 Å². The Hall–Kier alpha value is -2.41. The van der Waals surface area contributed by atoms with E-state index in [4.69, 9.17) is 9.47 Å². The molecule has 25 heavy (non-hydrogen) atoms. The number of halogens is 1. The molecule has 1 saturated heterocycles. The van der Waals surface area contributed by atoms with Crippen LogP contribution in [0.4, 0.5) is 10.1 Å². The molecule has 0 unspecified atom stereocenters. The fourth-order valence-corrected chi connectivity index (χ4v) is 2.94. The van der Waals surface area contributed by atoms with Gasteiger partial charge in [0, 0.05) is 31.5 Å². The number of aromatic nitrogens is 2. The van der Waals surface area contributed by atoms with Crippen LogP contribution in [0.2, 0.25) is 0 Å². The summed E-state index contributed by atoms with van der Waals surface area (Å²) >= 11 is 0. The van der Waals surface area contributed by atoms with Gasteiger partial charge in [-0.05, 0) is 26.0 Å². The van der Waals surface area contributed by atoms with Crippen LogP contribution in [0.3, 0.4) is 0 Å². The SMILES string of the molecule is CCn1cc(C(=O)O[C@H](C)c2c(F)cccc2N2CCOCC2)cn1. The van der Waals surface area contributed by atoms with E-state index in [1.165, 1.54) is 12.3 Å². The summed E-state index contributed by atoms with van der Waals surface area (Å²) in [5.74, 6) is -0.892. The minimum atomic E-state index is -0.712. The molecule has 134 valence electrons. The highest BCUT2D eigenvalue weighted by molar-refractivity contribution is 5.89. The number of morpholine rings is 1. The molecule has 0 saturated carbocycles. The van der Waals surface area contributed by atoms with Crippen molar-refractivity contribution >= 4 is 11.7 Å². The Morgan fingerprint density at radius 3 is 2.84 bits per heavy atom. The third-order valence-electron chi connectivity index (χ3n) is 4.26. The highest BCUT2D eigenvalue weighted by Gasteiger charge is 2.24. The predicted octanol–water partition coefficient (Wildman–Crippen LogP) is 2.80. The van der Waals surface area contributed by atoms with E-state index in [2.05, 4.69) is 10.00 Å². The van der Waals surface area contributed by atoms with Gasteiger partial charge < -0.3 is 14.4 Å². The zero-order valence-corrected chi connectivity index (χ0v) is 14.4. The molecule has 7 heteroatoms. The summed E-state index contributed by atoms with van der Waals surface area (Å²) in [4.78, 5) is 14.4. The summed E-state index contributed by atoms with van der Waals surface area (Å²) in [7, 11) is 0. The van der Waals surface area contributed by atoms with Gasteiger partial charge in [-0.2, -0.15) is 5.10 Å². The predicted molar refractivity (Wildman–Crippen MR) is 91.2 cm³/mol. The maximum Gasteiger partial charge on any atom is 0.341 e. The van der Waals surface area contributed by atoms with E-state index in [1.807, 2.05) is 13.0 Å². The molecule has 2 aromatic rings. The van der Waals surface area contributed by atoms with Crippen LogP contribution in [-0.4, -0.2) is 42.1 Å². The average Bonchev–Trinajstić information content (AvgIpc) is 3.11. The van der Waals surface area contributed by atoms with Gasteiger partial charge in [0.2, 0.25) is 0 Å². The zero-order valence-electron chi connectivity index (χ0n) is 14.4. The standard InChI is InChI=1S/C18H22FN3O3/c1-3-22-12-14(11-20-22)18(23)25-13(2)17-15(19)5-4-6-16(17)21-7-9-24-10-8-21/h4-6,11-13H,3,7-10H2,1-2H3/t13-/m1/s1. The van der Waals surface area contributed by atoms with Gasteiger partial charge in [0.05, 0.1) is 30.5 Å². The van der Waals surface area contributed by atoms with Gasteiger partial charge in [-0.1, -0.05) is 6.07 Å². The molecule has 1 aromatic heterocycles. The number of esters is 1. The number of rotatable bonds is 5. The molecule has 0 spiro atoms. The van der Waals surface area contributed by atoms with E-state index >= 15 is 0 Å². The Kier molecular flexibility index (Phi) is 5.33. The highest BCUT2D eigenvalue weighted by atomic mass is 19.1. The average molecular weight is 347 g/mol. The van der Waals surface area contributed by atoms with Crippen molar-refractivity contribution in [3.05, 3.63) is 47.5 Å². The summed E-state index contributed by atoms with van der Waals surface area (Å²) in [6.07, 6.45) is 2.37. The molecular weight excluding hydrogens is 325 g/mol. The van der Waals surface area contributed by atoms with Gasteiger partial charge in [0.15, 0.2) is 0 Å². The number of aryl methyl sites for hydroxylation is 1. The molecule has 0 radical (unpaired) electrons. The number of anilines is 1. The quantitative estimate of drug-likeness (QED) is 0.779. The lowest BCUT2D eigenvalue weighted by Crippen LogP contribution is -2.37. The van der Waals surface area contributed by atoms with E-state index in [9.17, 15) is 9.18 Å². The van der Waals surface area contributed by atoms with Crippen LogP contribution >= 0.6 is 0 Å². The van der Waals surface area contributed by atoms with Gasteiger partial charge in [-0.3, -0.25) is 4.68 Å². The lowest BCUT2D eigenvalue weighted by Gasteiger charge is -2.31. The number of hydrogen-bond acceptors (Lipinski definition) is 5. The van der Waals surface area contributed by atoms with E-state index in [1.54, 1.807) is 23.9 Å². The van der Waals surface area contributed by atoms with Crippen LogP contribution in [0.25, 0.3) is 0 Å². The van der Waals surface area contributed by atoms with Crippen molar-refractivity contribution in [2.45, 2.75) is 26.5 Å². The van der Waals surface area contributed by atoms with Crippen molar-refractivity contribution < 1.29 is 18.7 Å². The Balaban J connectivity index is 1.81. The molecule has 1 fully saturated rings. The van der Waals surface area contributed by atoms with Crippen molar-refractivity contribution in [1.29, 1.82) is 0 Å². The van der Waals surface area contributed by atoms with Crippen LogP contribution in [0.15, 0.2) is 30.6 Å². The monoisotopic (exact) mass is 347 g/mol. The van der Waals surface area contributed by atoms with Crippen molar-refractivity contribution in [2.24, 2.45) is 0 Å². The molecule has 0 N–H and O–H groups in total. The van der Waals surface area contributed by atoms with Crippen LogP contribution < -0.4 is 4.90 Å². The molecule has 2 heterocycles. The molecule has 1 atom stereocenters. The van der Waals surface area contributed by atoms with E-state index < -0.39 is 12.1 Å². The molecule has 1 aliphatic heterocycles. The van der Waals surface area contributed by atoms with Gasteiger partial charge in [-0.25, -0.2) is 9.18 Å². The van der Waals surface area contributed by atoms with Gasteiger partial charge >= 0.3 is 5.97 Å². The third kappa shape index (κ3) is 3.82. The van der Waals surface area contributed by atoms with Crippen LogP contribution in [0.1, 0.15) is 35.9 Å². The first kappa shape index (κ1) is 17.4. The Morgan fingerprint density at radius 1 is 1.40 bits per heavy atom. The minimum Gasteiger partial charge on any atom is -0.454 e. The molecule has 0 bridgehead atoms. The third-order valence-corrected chi connectivity index (χ3v) is 4.26. The summed E-state index contributed by atoms with van der Waals surface area (Å²) in [6, 6.07) is 4.91. The minimum absolute atomic E-state index is 0.359. The highest BCUT2D eigenvalue weighted by Crippen LogP contribution is 2.32. The molecular formula is C18H22FN3O3. The van der Waals surface area contributed by atoms with Gasteiger partial charge in [-0.15, -0.1) is 0 Å². The second-order valence-corrected chi connectivity index (χ2v) is 5.90. The fourth-order valence-electron chi connectivity index (χ4n) is 2.94. The van der Waals surface area contributed by atoms with E-state index in [-0.39, 0.29) is 5.82 Å². The van der Waals surface area contributed by atoms with Gasteiger partial charge in [0.1, 0.15) is 11.9 Å². The number of carbonyl (C=O) groups is 1. The van der Waals surface area contributed by atoms with E-state index in [0.29, 0.717) is 44.0 Å². The number of hydrogen-bond donors (Lipinski definition) is 0. The van der Waals surface area contributed by atoms with Crippen molar-refractivity contribution in [3.63, 3.8) is 0 Å². The number of nitrogens with zero attached hydrogens (tertiary/aromatic N) is 3. The Labute approximate surface area is 146 Å². The topological polar surface area (TPSA) is 56.6 Å². The maximum atomic E-state index is 14.5. The van der Waals surface area contributed by atoms with Crippen molar-refractivity contribution in [2.75, 3.05) is 31.2 Å². The summed E-state index contributed by atoms with van der Waals surface area (Å²) < 4.78 is 27.0. The number of ether oxygens (including phenoxy) is 2. The second kappa shape index (κ2) is 7.65. The first-order valence-electron chi connectivity index (χ1n) is 8.44. The first-order chi connectivity index (χ1) is 12.1.